The molecule has 1 aliphatic heterocycles. The Labute approximate surface area is 111 Å². The summed E-state index contributed by atoms with van der Waals surface area (Å²) in [6.45, 7) is 5.49. The molecule has 3 rings (SSSR count). The standard InChI is InChI=1S/C14H18N2OS/c1-17-12-3-2-4-13-14(12)11(10-18-13)9-16-7-5-15-6-8-16/h2-4,10,15H,5-9H2,1H3. The molecule has 0 bridgehead atoms. The van der Waals surface area contributed by atoms with E-state index in [0.29, 0.717) is 0 Å². The van der Waals surface area contributed by atoms with Gasteiger partial charge >= 0.3 is 0 Å². The van der Waals surface area contributed by atoms with Crippen molar-refractivity contribution in [1.82, 2.24) is 10.2 Å². The molecule has 0 radical (unpaired) electrons. The second-order valence-electron chi connectivity index (χ2n) is 4.62. The monoisotopic (exact) mass is 262 g/mol. The third-order valence-electron chi connectivity index (χ3n) is 3.46. The molecule has 2 heterocycles. The smallest absolute Gasteiger partial charge is 0.127 e. The predicted molar refractivity (Wildman–Crippen MR) is 76.5 cm³/mol. The van der Waals surface area contributed by atoms with Crippen molar-refractivity contribution in [1.29, 1.82) is 0 Å². The zero-order valence-electron chi connectivity index (χ0n) is 10.6. The lowest BCUT2D eigenvalue weighted by Gasteiger charge is -2.27. The molecular formula is C14H18N2OS. The van der Waals surface area contributed by atoms with Crippen molar-refractivity contribution in [3.8, 4) is 5.75 Å². The van der Waals surface area contributed by atoms with Crippen LogP contribution >= 0.6 is 11.3 Å². The Morgan fingerprint density at radius 2 is 2.17 bits per heavy atom. The van der Waals surface area contributed by atoms with Crippen LogP contribution in [0.2, 0.25) is 0 Å². The number of piperazine rings is 1. The van der Waals surface area contributed by atoms with Gasteiger partial charge in [0.05, 0.1) is 7.11 Å². The van der Waals surface area contributed by atoms with Crippen LogP contribution in [0.4, 0.5) is 0 Å². The summed E-state index contributed by atoms with van der Waals surface area (Å²) in [4.78, 5) is 2.50. The zero-order chi connectivity index (χ0) is 12.4. The average Bonchev–Trinajstić information content (AvgIpc) is 2.83. The SMILES string of the molecule is COc1cccc2scc(CN3CCNCC3)c12. The minimum Gasteiger partial charge on any atom is -0.496 e. The normalized spacial score (nSPS) is 17.2. The van der Waals surface area contributed by atoms with E-state index in [0.717, 1.165) is 38.5 Å². The Bertz CT molecular complexity index is 532. The molecule has 0 atom stereocenters. The number of hydrogen-bond donors (Lipinski definition) is 1. The minimum atomic E-state index is 0.999. The lowest BCUT2D eigenvalue weighted by atomic mass is 10.1. The van der Waals surface area contributed by atoms with Crippen molar-refractivity contribution in [2.24, 2.45) is 0 Å². The number of nitrogens with one attached hydrogen (secondary N) is 1. The number of benzene rings is 1. The van der Waals surface area contributed by atoms with Crippen LogP contribution < -0.4 is 10.1 Å². The first-order valence-corrected chi connectivity index (χ1v) is 7.22. The van der Waals surface area contributed by atoms with Crippen LogP contribution in [0.15, 0.2) is 23.6 Å². The highest BCUT2D eigenvalue weighted by atomic mass is 32.1. The molecule has 96 valence electrons. The van der Waals surface area contributed by atoms with E-state index < -0.39 is 0 Å². The van der Waals surface area contributed by atoms with Crippen molar-refractivity contribution in [3.63, 3.8) is 0 Å². The molecule has 1 saturated heterocycles. The minimum absolute atomic E-state index is 0.999. The quantitative estimate of drug-likeness (QED) is 0.918. The van der Waals surface area contributed by atoms with Gasteiger partial charge in [0.1, 0.15) is 5.75 Å². The van der Waals surface area contributed by atoms with Crippen LogP contribution in [0.3, 0.4) is 0 Å². The molecule has 0 aliphatic carbocycles. The highest BCUT2D eigenvalue weighted by Crippen LogP contribution is 2.34. The van der Waals surface area contributed by atoms with Gasteiger partial charge in [0.25, 0.3) is 0 Å². The van der Waals surface area contributed by atoms with E-state index in [1.807, 2.05) is 11.3 Å². The summed E-state index contributed by atoms with van der Waals surface area (Å²) >= 11 is 1.81. The van der Waals surface area contributed by atoms with Gasteiger partial charge in [-0.1, -0.05) is 6.07 Å². The van der Waals surface area contributed by atoms with Gasteiger partial charge in [0.15, 0.2) is 0 Å². The van der Waals surface area contributed by atoms with Gasteiger partial charge in [0.2, 0.25) is 0 Å². The van der Waals surface area contributed by atoms with Crippen LogP contribution in [0, 0.1) is 0 Å². The van der Waals surface area contributed by atoms with E-state index in [1.165, 1.54) is 15.6 Å². The second kappa shape index (κ2) is 5.26. The fourth-order valence-electron chi connectivity index (χ4n) is 2.52. The first-order chi connectivity index (χ1) is 8.88. The molecule has 1 aliphatic rings. The predicted octanol–water partition coefficient (Wildman–Crippen LogP) is 2.32. The Balaban J connectivity index is 1.91. The first-order valence-electron chi connectivity index (χ1n) is 6.34. The van der Waals surface area contributed by atoms with Crippen molar-refractivity contribution < 1.29 is 4.74 Å². The highest BCUT2D eigenvalue weighted by molar-refractivity contribution is 7.17. The Morgan fingerprint density at radius 1 is 1.33 bits per heavy atom. The van der Waals surface area contributed by atoms with E-state index >= 15 is 0 Å². The lowest BCUT2D eigenvalue weighted by molar-refractivity contribution is 0.234. The van der Waals surface area contributed by atoms with Gasteiger partial charge in [-0.05, 0) is 23.1 Å². The van der Waals surface area contributed by atoms with Crippen molar-refractivity contribution >= 4 is 21.4 Å². The summed E-state index contributed by atoms with van der Waals surface area (Å²) < 4.78 is 6.81. The van der Waals surface area contributed by atoms with Crippen LogP contribution in [0.5, 0.6) is 5.75 Å². The summed E-state index contributed by atoms with van der Waals surface area (Å²) in [7, 11) is 1.75. The van der Waals surface area contributed by atoms with Gasteiger partial charge in [-0.25, -0.2) is 0 Å². The fraction of sp³-hybridized carbons (Fsp3) is 0.429. The van der Waals surface area contributed by atoms with Gasteiger partial charge in [-0.15, -0.1) is 11.3 Å². The number of hydrogen-bond acceptors (Lipinski definition) is 4. The highest BCUT2D eigenvalue weighted by Gasteiger charge is 2.14. The fourth-order valence-corrected chi connectivity index (χ4v) is 3.48. The van der Waals surface area contributed by atoms with Gasteiger partial charge in [-0.2, -0.15) is 0 Å². The molecule has 0 unspecified atom stereocenters. The number of methoxy groups -OCH3 is 1. The second-order valence-corrected chi connectivity index (χ2v) is 5.53. The van der Waals surface area contributed by atoms with Crippen LogP contribution in [0.1, 0.15) is 5.56 Å². The Kier molecular flexibility index (Phi) is 3.50. The van der Waals surface area contributed by atoms with Crippen LogP contribution in [0.25, 0.3) is 10.1 Å². The number of nitrogens with zero attached hydrogens (tertiary/aromatic N) is 1. The van der Waals surface area contributed by atoms with E-state index in [2.05, 4.69) is 33.8 Å². The number of rotatable bonds is 3. The molecule has 1 aromatic carbocycles. The van der Waals surface area contributed by atoms with Crippen molar-refractivity contribution in [3.05, 3.63) is 29.1 Å². The molecule has 3 nitrogen and oxygen atoms in total. The van der Waals surface area contributed by atoms with E-state index in [-0.39, 0.29) is 0 Å². The van der Waals surface area contributed by atoms with Crippen molar-refractivity contribution in [2.45, 2.75) is 6.54 Å². The van der Waals surface area contributed by atoms with E-state index in [4.69, 9.17) is 4.74 Å². The molecular weight excluding hydrogens is 244 g/mol. The van der Waals surface area contributed by atoms with E-state index in [1.54, 1.807) is 7.11 Å². The number of fused-ring (bicyclic) bond motifs is 1. The Hall–Kier alpha value is -1.10. The summed E-state index contributed by atoms with van der Waals surface area (Å²) in [6.07, 6.45) is 0. The maximum atomic E-state index is 5.49. The summed E-state index contributed by atoms with van der Waals surface area (Å²) in [5, 5.41) is 6.96. The third-order valence-corrected chi connectivity index (χ3v) is 4.46. The molecule has 0 amide bonds. The van der Waals surface area contributed by atoms with Crippen LogP contribution in [-0.4, -0.2) is 38.2 Å². The topological polar surface area (TPSA) is 24.5 Å². The molecule has 2 aromatic rings. The lowest BCUT2D eigenvalue weighted by Crippen LogP contribution is -2.42. The zero-order valence-corrected chi connectivity index (χ0v) is 11.4. The number of ether oxygens (including phenoxy) is 1. The van der Waals surface area contributed by atoms with Gasteiger partial charge in [-0.3, -0.25) is 4.90 Å². The largest absolute Gasteiger partial charge is 0.496 e. The molecule has 4 heteroatoms. The average molecular weight is 262 g/mol. The molecule has 1 fully saturated rings. The molecule has 0 saturated carbocycles. The molecule has 18 heavy (non-hydrogen) atoms. The Morgan fingerprint density at radius 3 is 2.94 bits per heavy atom. The van der Waals surface area contributed by atoms with E-state index in [9.17, 15) is 0 Å². The van der Waals surface area contributed by atoms with Crippen LogP contribution in [-0.2, 0) is 6.54 Å². The maximum Gasteiger partial charge on any atom is 0.127 e. The summed E-state index contributed by atoms with van der Waals surface area (Å²) in [6, 6.07) is 6.28. The first kappa shape index (κ1) is 12.0. The molecule has 0 spiro atoms. The van der Waals surface area contributed by atoms with Gasteiger partial charge in [0, 0.05) is 42.8 Å². The van der Waals surface area contributed by atoms with Crippen molar-refractivity contribution in [2.75, 3.05) is 33.3 Å². The maximum absolute atomic E-state index is 5.49. The molecule has 1 N–H and O–H groups in total. The summed E-state index contributed by atoms with van der Waals surface area (Å²) in [5.41, 5.74) is 1.40. The third kappa shape index (κ3) is 2.23. The number of thiophene rings is 1. The summed E-state index contributed by atoms with van der Waals surface area (Å²) in [5.74, 6) is 0.999. The van der Waals surface area contributed by atoms with Gasteiger partial charge < -0.3 is 10.1 Å². The molecule has 1 aromatic heterocycles.